The summed E-state index contributed by atoms with van der Waals surface area (Å²) >= 11 is 0. The molecule has 0 radical (unpaired) electrons. The minimum Gasteiger partial charge on any atom is -0.491 e. The van der Waals surface area contributed by atoms with E-state index in [-0.39, 0.29) is 37.0 Å². The SMILES string of the molecule is CC(C)C[C@H]1NC(=O)C[C@@H](C(=O)N2CCC(O)CC2)NC(=O)c2ccccc2OCCN(C)C1=O. The summed E-state index contributed by atoms with van der Waals surface area (Å²) in [5, 5.41) is 15.3. The molecule has 2 aliphatic heterocycles. The summed E-state index contributed by atoms with van der Waals surface area (Å²) in [6.07, 6.45) is 0.537. The highest BCUT2D eigenvalue weighted by Gasteiger charge is 2.33. The van der Waals surface area contributed by atoms with Crippen molar-refractivity contribution in [2.45, 2.75) is 57.7 Å². The van der Waals surface area contributed by atoms with Gasteiger partial charge < -0.3 is 30.3 Å². The van der Waals surface area contributed by atoms with Gasteiger partial charge in [-0.25, -0.2) is 0 Å². The normalized spacial score (nSPS) is 23.2. The average molecular weight is 489 g/mol. The van der Waals surface area contributed by atoms with Crippen LogP contribution in [0, 0.1) is 5.92 Å². The number of likely N-dealkylation sites (N-methyl/N-ethyl adjacent to an activating group) is 1. The maximum atomic E-state index is 13.3. The molecule has 1 aromatic rings. The second kappa shape index (κ2) is 12.0. The number of ether oxygens (including phenoxy) is 1. The fourth-order valence-electron chi connectivity index (χ4n) is 4.32. The smallest absolute Gasteiger partial charge is 0.255 e. The van der Waals surface area contributed by atoms with E-state index in [1.54, 1.807) is 36.2 Å². The van der Waals surface area contributed by atoms with Crippen LogP contribution in [0.15, 0.2) is 24.3 Å². The number of para-hydroxylation sites is 1. The molecule has 1 aromatic carbocycles. The summed E-state index contributed by atoms with van der Waals surface area (Å²) in [7, 11) is 1.65. The molecular formula is C25H36N4O6. The number of nitrogens with one attached hydrogen (secondary N) is 2. The van der Waals surface area contributed by atoms with E-state index in [4.69, 9.17) is 4.74 Å². The van der Waals surface area contributed by atoms with E-state index in [0.29, 0.717) is 38.1 Å². The Hall–Kier alpha value is -3.14. The maximum Gasteiger partial charge on any atom is 0.255 e. The summed E-state index contributed by atoms with van der Waals surface area (Å²) in [4.78, 5) is 55.6. The van der Waals surface area contributed by atoms with Crippen molar-refractivity contribution in [3.05, 3.63) is 29.8 Å². The number of piperidine rings is 1. The van der Waals surface area contributed by atoms with Gasteiger partial charge in [0.05, 0.1) is 24.6 Å². The van der Waals surface area contributed by atoms with Gasteiger partial charge in [-0.1, -0.05) is 26.0 Å². The lowest BCUT2D eigenvalue weighted by atomic mass is 10.0. The molecule has 4 amide bonds. The van der Waals surface area contributed by atoms with Gasteiger partial charge >= 0.3 is 0 Å². The first-order chi connectivity index (χ1) is 16.7. The van der Waals surface area contributed by atoms with E-state index in [1.165, 1.54) is 4.90 Å². The van der Waals surface area contributed by atoms with Gasteiger partial charge in [-0.15, -0.1) is 0 Å². The van der Waals surface area contributed by atoms with Crippen LogP contribution in [0.1, 0.15) is 49.9 Å². The molecule has 10 heteroatoms. The molecule has 0 aromatic heterocycles. The van der Waals surface area contributed by atoms with Crippen LogP contribution in [0.3, 0.4) is 0 Å². The van der Waals surface area contributed by atoms with Crippen molar-refractivity contribution in [1.29, 1.82) is 0 Å². The van der Waals surface area contributed by atoms with Crippen molar-refractivity contribution in [1.82, 2.24) is 20.4 Å². The quantitative estimate of drug-likeness (QED) is 0.570. The van der Waals surface area contributed by atoms with Gasteiger partial charge in [-0.3, -0.25) is 19.2 Å². The van der Waals surface area contributed by atoms with Crippen LogP contribution in [-0.2, 0) is 14.4 Å². The van der Waals surface area contributed by atoms with Crippen LogP contribution in [-0.4, -0.2) is 90.0 Å². The van der Waals surface area contributed by atoms with Gasteiger partial charge in [0.1, 0.15) is 24.4 Å². The molecule has 192 valence electrons. The number of aliphatic hydroxyl groups excluding tert-OH is 1. The number of nitrogens with zero attached hydrogens (tertiary/aromatic N) is 2. The van der Waals surface area contributed by atoms with Crippen LogP contribution >= 0.6 is 0 Å². The lowest BCUT2D eigenvalue weighted by Gasteiger charge is -2.33. The standard InChI is InChI=1S/C25H36N4O6/c1-16(2)14-19-24(33)28(3)12-13-35-21-7-5-4-6-18(21)23(32)27-20(15-22(31)26-19)25(34)29-10-8-17(30)9-11-29/h4-7,16-17,19-20,30H,8-15H2,1-3H3,(H,26,31)(H,27,32)/t19-,20+/m1/s1. The van der Waals surface area contributed by atoms with E-state index in [9.17, 15) is 24.3 Å². The summed E-state index contributed by atoms with van der Waals surface area (Å²) in [6, 6.07) is 4.79. The van der Waals surface area contributed by atoms with Crippen molar-refractivity contribution < 1.29 is 29.0 Å². The lowest BCUT2D eigenvalue weighted by Crippen LogP contribution is -2.54. The van der Waals surface area contributed by atoms with E-state index < -0.39 is 35.9 Å². The van der Waals surface area contributed by atoms with Crippen LogP contribution in [0.4, 0.5) is 0 Å². The molecule has 3 N–H and O–H groups in total. The van der Waals surface area contributed by atoms with Crippen LogP contribution in [0.5, 0.6) is 5.75 Å². The van der Waals surface area contributed by atoms with Crippen molar-refractivity contribution in [3.63, 3.8) is 0 Å². The summed E-state index contributed by atoms with van der Waals surface area (Å²) in [6.45, 7) is 5.04. The Bertz CT molecular complexity index is 928. The van der Waals surface area contributed by atoms with Crippen molar-refractivity contribution in [3.8, 4) is 5.75 Å². The number of hydrogen-bond acceptors (Lipinski definition) is 6. The Labute approximate surface area is 206 Å². The fraction of sp³-hybridized carbons (Fsp3) is 0.600. The Morgan fingerprint density at radius 2 is 1.80 bits per heavy atom. The molecule has 1 fully saturated rings. The van der Waals surface area contributed by atoms with Crippen LogP contribution in [0.25, 0.3) is 0 Å². The van der Waals surface area contributed by atoms with Gasteiger partial charge in [-0.2, -0.15) is 0 Å². The van der Waals surface area contributed by atoms with Gasteiger partial charge in [0.2, 0.25) is 17.7 Å². The third kappa shape index (κ3) is 7.17. The molecule has 3 rings (SSSR count). The van der Waals surface area contributed by atoms with E-state index in [2.05, 4.69) is 10.6 Å². The van der Waals surface area contributed by atoms with Gasteiger partial charge in [0, 0.05) is 20.1 Å². The Balaban J connectivity index is 1.90. The second-order valence-electron chi connectivity index (χ2n) is 9.64. The highest BCUT2D eigenvalue weighted by Crippen LogP contribution is 2.20. The number of fused-ring (bicyclic) bond motifs is 1. The molecule has 0 aliphatic carbocycles. The summed E-state index contributed by atoms with van der Waals surface area (Å²) < 4.78 is 5.82. The first-order valence-electron chi connectivity index (χ1n) is 12.2. The number of benzene rings is 1. The fourth-order valence-corrected chi connectivity index (χ4v) is 4.32. The third-order valence-corrected chi connectivity index (χ3v) is 6.30. The number of carbonyl (C=O) groups excluding carboxylic acids is 4. The second-order valence-corrected chi connectivity index (χ2v) is 9.64. The minimum atomic E-state index is -1.12. The van der Waals surface area contributed by atoms with Crippen LogP contribution in [0.2, 0.25) is 0 Å². The first-order valence-corrected chi connectivity index (χ1v) is 12.2. The average Bonchev–Trinajstić information content (AvgIpc) is 2.82. The highest BCUT2D eigenvalue weighted by atomic mass is 16.5. The van der Waals surface area contributed by atoms with Gasteiger partial charge in [0.25, 0.3) is 5.91 Å². The highest BCUT2D eigenvalue weighted by molar-refractivity contribution is 6.01. The number of carbonyl (C=O) groups is 4. The predicted octanol–water partition coefficient (Wildman–Crippen LogP) is 0.540. The number of amides is 4. The van der Waals surface area contributed by atoms with Crippen molar-refractivity contribution in [2.75, 3.05) is 33.3 Å². The zero-order valence-electron chi connectivity index (χ0n) is 20.7. The molecular weight excluding hydrogens is 452 g/mol. The van der Waals surface area contributed by atoms with E-state index in [1.807, 2.05) is 13.8 Å². The number of aliphatic hydroxyl groups is 1. The first kappa shape index (κ1) is 26.5. The van der Waals surface area contributed by atoms with Crippen LogP contribution < -0.4 is 15.4 Å². The monoisotopic (exact) mass is 488 g/mol. The zero-order chi connectivity index (χ0) is 25.5. The minimum absolute atomic E-state index is 0.150. The molecule has 1 saturated heterocycles. The topological polar surface area (TPSA) is 128 Å². The van der Waals surface area contributed by atoms with Gasteiger partial charge in [0.15, 0.2) is 0 Å². The summed E-state index contributed by atoms with van der Waals surface area (Å²) in [5.74, 6) is -1.17. The maximum absolute atomic E-state index is 13.3. The van der Waals surface area contributed by atoms with Crippen molar-refractivity contribution >= 4 is 23.6 Å². The van der Waals surface area contributed by atoms with E-state index >= 15 is 0 Å². The molecule has 10 nitrogen and oxygen atoms in total. The molecule has 35 heavy (non-hydrogen) atoms. The molecule has 0 bridgehead atoms. The molecule has 0 saturated carbocycles. The lowest BCUT2D eigenvalue weighted by molar-refractivity contribution is -0.139. The third-order valence-electron chi connectivity index (χ3n) is 6.30. The predicted molar refractivity (Wildman–Crippen MR) is 129 cm³/mol. The number of hydrogen-bond donors (Lipinski definition) is 3. The zero-order valence-corrected chi connectivity index (χ0v) is 20.7. The van der Waals surface area contributed by atoms with Gasteiger partial charge in [-0.05, 0) is 37.3 Å². The molecule has 2 heterocycles. The molecule has 0 spiro atoms. The molecule has 0 unspecified atom stereocenters. The largest absolute Gasteiger partial charge is 0.491 e. The van der Waals surface area contributed by atoms with Crippen molar-refractivity contribution in [2.24, 2.45) is 5.92 Å². The Morgan fingerprint density at radius 1 is 1.11 bits per heavy atom. The molecule has 2 aliphatic rings. The molecule has 2 atom stereocenters. The summed E-state index contributed by atoms with van der Waals surface area (Å²) in [5.41, 5.74) is 0.239. The Kier molecular flexibility index (Phi) is 9.08. The van der Waals surface area contributed by atoms with E-state index in [0.717, 1.165) is 0 Å². The Morgan fingerprint density at radius 3 is 2.49 bits per heavy atom. The number of rotatable bonds is 3. The number of likely N-dealkylation sites (tertiary alicyclic amines) is 1.